The Kier molecular flexibility index (Phi) is 5.25. The van der Waals surface area contributed by atoms with Gasteiger partial charge in [-0.15, -0.1) is 0 Å². The summed E-state index contributed by atoms with van der Waals surface area (Å²) in [6.07, 6.45) is 0.377. The van der Waals surface area contributed by atoms with Crippen molar-refractivity contribution in [2.75, 3.05) is 32.7 Å². The fourth-order valence-electron chi connectivity index (χ4n) is 2.65. The summed E-state index contributed by atoms with van der Waals surface area (Å²) in [4.78, 5) is 16.6. The van der Waals surface area contributed by atoms with Crippen molar-refractivity contribution in [2.24, 2.45) is 5.73 Å². The number of carbonyl (C=O) groups is 1. The van der Waals surface area contributed by atoms with Crippen molar-refractivity contribution >= 4 is 17.5 Å². The molecule has 0 aromatic heterocycles. The van der Waals surface area contributed by atoms with Gasteiger partial charge in [-0.2, -0.15) is 0 Å². The van der Waals surface area contributed by atoms with Gasteiger partial charge in [-0.1, -0.05) is 29.8 Å². The van der Waals surface area contributed by atoms with Crippen LogP contribution in [0, 0.1) is 0 Å². The van der Waals surface area contributed by atoms with Crippen LogP contribution in [-0.4, -0.2) is 54.0 Å². The fourth-order valence-corrected chi connectivity index (χ4v) is 2.85. The van der Waals surface area contributed by atoms with Gasteiger partial charge in [-0.3, -0.25) is 9.69 Å². The number of nitrogens with two attached hydrogens (primary N) is 1. The van der Waals surface area contributed by atoms with E-state index in [1.54, 1.807) is 0 Å². The van der Waals surface area contributed by atoms with Crippen LogP contribution in [-0.2, 0) is 11.2 Å². The number of halogens is 1. The molecule has 1 fully saturated rings. The Morgan fingerprint density at radius 2 is 1.86 bits per heavy atom. The predicted octanol–water partition coefficient (Wildman–Crippen LogP) is 1.76. The fraction of sp³-hybridized carbons (Fsp3) is 0.562. The smallest absolute Gasteiger partial charge is 0.227 e. The first-order valence-corrected chi connectivity index (χ1v) is 7.75. The van der Waals surface area contributed by atoms with Gasteiger partial charge in [0.1, 0.15) is 0 Å². The molecule has 0 aliphatic carbocycles. The van der Waals surface area contributed by atoms with Crippen LogP contribution in [0.3, 0.4) is 0 Å². The summed E-state index contributed by atoms with van der Waals surface area (Å²) in [6, 6.07) is 7.53. The number of hydrogen-bond acceptors (Lipinski definition) is 3. The number of piperazine rings is 1. The Bertz CT molecular complexity index is 491. The van der Waals surface area contributed by atoms with E-state index < -0.39 is 0 Å². The van der Waals surface area contributed by atoms with E-state index in [9.17, 15) is 4.79 Å². The third kappa shape index (κ3) is 4.99. The molecule has 0 saturated carbocycles. The highest BCUT2D eigenvalue weighted by Crippen LogP contribution is 2.17. The highest BCUT2D eigenvalue weighted by atomic mass is 35.5. The van der Waals surface area contributed by atoms with Crippen LogP contribution in [0.2, 0.25) is 5.02 Å². The summed E-state index contributed by atoms with van der Waals surface area (Å²) < 4.78 is 0. The first-order valence-electron chi connectivity index (χ1n) is 7.37. The molecular weight excluding hydrogens is 286 g/mol. The Labute approximate surface area is 131 Å². The third-order valence-corrected chi connectivity index (χ3v) is 4.02. The number of nitrogens with zero attached hydrogens (tertiary/aromatic N) is 2. The SMILES string of the molecule is CC(C)(N)CN1CCN(C(=O)Cc2ccccc2Cl)CC1. The molecular formula is C16H24ClN3O. The molecule has 2 N–H and O–H groups in total. The van der Waals surface area contributed by atoms with Crippen LogP contribution < -0.4 is 5.73 Å². The van der Waals surface area contributed by atoms with Crippen LogP contribution >= 0.6 is 11.6 Å². The zero-order valence-electron chi connectivity index (χ0n) is 12.8. The number of carbonyl (C=O) groups excluding carboxylic acids is 1. The molecule has 1 saturated heterocycles. The van der Waals surface area contributed by atoms with Crippen molar-refractivity contribution in [2.45, 2.75) is 25.8 Å². The number of hydrogen-bond donors (Lipinski definition) is 1. The van der Waals surface area contributed by atoms with E-state index in [1.165, 1.54) is 0 Å². The normalized spacial score (nSPS) is 17.0. The first kappa shape index (κ1) is 16.3. The van der Waals surface area contributed by atoms with Crippen LogP contribution in [0.15, 0.2) is 24.3 Å². The Hall–Kier alpha value is -1.10. The molecule has 0 atom stereocenters. The lowest BCUT2D eigenvalue weighted by atomic mass is 10.1. The average Bonchev–Trinajstić information content (AvgIpc) is 2.40. The molecule has 1 aliphatic heterocycles. The van der Waals surface area contributed by atoms with E-state index in [0.717, 1.165) is 38.3 Å². The molecule has 1 aliphatic rings. The molecule has 1 amide bonds. The third-order valence-electron chi connectivity index (χ3n) is 3.66. The van der Waals surface area contributed by atoms with Gasteiger partial charge in [0.2, 0.25) is 5.91 Å². The lowest BCUT2D eigenvalue weighted by Crippen LogP contribution is -2.54. The summed E-state index contributed by atoms with van der Waals surface area (Å²) in [7, 11) is 0. The molecule has 1 aromatic rings. The maximum absolute atomic E-state index is 12.3. The van der Waals surface area contributed by atoms with Gasteiger partial charge < -0.3 is 10.6 Å². The van der Waals surface area contributed by atoms with Crippen LogP contribution in [0.4, 0.5) is 0 Å². The molecule has 21 heavy (non-hydrogen) atoms. The second-order valence-corrected chi connectivity index (χ2v) is 6.82. The van der Waals surface area contributed by atoms with Crippen molar-refractivity contribution in [1.82, 2.24) is 9.80 Å². The molecule has 1 heterocycles. The quantitative estimate of drug-likeness (QED) is 0.922. The minimum Gasteiger partial charge on any atom is -0.340 e. The minimum absolute atomic E-state index is 0.148. The van der Waals surface area contributed by atoms with Gasteiger partial charge in [0.15, 0.2) is 0 Å². The Balaban J connectivity index is 1.85. The van der Waals surface area contributed by atoms with E-state index >= 15 is 0 Å². The molecule has 1 aromatic carbocycles. The number of benzene rings is 1. The molecule has 5 heteroatoms. The molecule has 0 radical (unpaired) electrons. The maximum Gasteiger partial charge on any atom is 0.227 e. The molecule has 4 nitrogen and oxygen atoms in total. The average molecular weight is 310 g/mol. The molecule has 0 spiro atoms. The van der Waals surface area contributed by atoms with Gasteiger partial charge >= 0.3 is 0 Å². The van der Waals surface area contributed by atoms with Crippen molar-refractivity contribution in [1.29, 1.82) is 0 Å². The lowest BCUT2D eigenvalue weighted by molar-refractivity contribution is -0.132. The summed E-state index contributed by atoms with van der Waals surface area (Å²) >= 11 is 6.11. The van der Waals surface area contributed by atoms with E-state index in [2.05, 4.69) is 4.90 Å². The number of amides is 1. The van der Waals surface area contributed by atoms with Crippen LogP contribution in [0.5, 0.6) is 0 Å². The zero-order valence-corrected chi connectivity index (χ0v) is 13.6. The maximum atomic E-state index is 12.3. The lowest BCUT2D eigenvalue weighted by Gasteiger charge is -2.37. The predicted molar refractivity (Wildman–Crippen MR) is 86.4 cm³/mol. The highest BCUT2D eigenvalue weighted by molar-refractivity contribution is 6.31. The van der Waals surface area contributed by atoms with E-state index in [4.69, 9.17) is 17.3 Å². The van der Waals surface area contributed by atoms with Gasteiger partial charge in [0.25, 0.3) is 0 Å². The number of rotatable bonds is 4. The summed E-state index contributed by atoms with van der Waals surface area (Å²) in [5.41, 5.74) is 6.75. The Morgan fingerprint density at radius 3 is 2.43 bits per heavy atom. The summed E-state index contributed by atoms with van der Waals surface area (Å²) in [5, 5.41) is 0.661. The summed E-state index contributed by atoms with van der Waals surface area (Å²) in [5.74, 6) is 0.148. The van der Waals surface area contributed by atoms with Crippen LogP contribution in [0.25, 0.3) is 0 Å². The van der Waals surface area contributed by atoms with Crippen molar-refractivity contribution < 1.29 is 4.79 Å². The van der Waals surface area contributed by atoms with E-state index in [-0.39, 0.29) is 11.4 Å². The monoisotopic (exact) mass is 309 g/mol. The van der Waals surface area contributed by atoms with E-state index in [1.807, 2.05) is 43.0 Å². The topological polar surface area (TPSA) is 49.6 Å². The minimum atomic E-state index is -0.191. The highest BCUT2D eigenvalue weighted by Gasteiger charge is 2.24. The van der Waals surface area contributed by atoms with Crippen molar-refractivity contribution in [3.05, 3.63) is 34.9 Å². The van der Waals surface area contributed by atoms with Crippen molar-refractivity contribution in [3.8, 4) is 0 Å². The first-order chi connectivity index (χ1) is 9.85. The second-order valence-electron chi connectivity index (χ2n) is 6.41. The molecule has 0 unspecified atom stereocenters. The molecule has 2 rings (SSSR count). The second kappa shape index (κ2) is 6.77. The van der Waals surface area contributed by atoms with E-state index in [0.29, 0.717) is 11.4 Å². The Morgan fingerprint density at radius 1 is 1.24 bits per heavy atom. The molecule has 0 bridgehead atoms. The van der Waals surface area contributed by atoms with Crippen LogP contribution in [0.1, 0.15) is 19.4 Å². The van der Waals surface area contributed by atoms with Gasteiger partial charge in [0.05, 0.1) is 6.42 Å². The van der Waals surface area contributed by atoms with Crippen molar-refractivity contribution in [3.63, 3.8) is 0 Å². The summed E-state index contributed by atoms with van der Waals surface area (Å²) in [6.45, 7) is 8.21. The van der Waals surface area contributed by atoms with Gasteiger partial charge in [-0.25, -0.2) is 0 Å². The zero-order chi connectivity index (χ0) is 15.5. The molecule has 116 valence electrons. The largest absolute Gasteiger partial charge is 0.340 e. The standard InChI is InChI=1S/C16H24ClN3O/c1-16(2,18)12-19-7-9-20(10-8-19)15(21)11-13-5-3-4-6-14(13)17/h3-6H,7-12,18H2,1-2H3. The van der Waals surface area contributed by atoms with Gasteiger partial charge in [-0.05, 0) is 25.5 Å². The van der Waals surface area contributed by atoms with Gasteiger partial charge in [0, 0.05) is 43.3 Å².